The fourth-order valence-corrected chi connectivity index (χ4v) is 4.21. The van der Waals surface area contributed by atoms with Crippen molar-refractivity contribution in [3.8, 4) is 33.9 Å². The van der Waals surface area contributed by atoms with Crippen molar-refractivity contribution in [3.05, 3.63) is 89.2 Å². The van der Waals surface area contributed by atoms with E-state index in [-0.39, 0.29) is 10.7 Å². The molecule has 3 aromatic carbocycles. The molecule has 5 rings (SSSR count). The van der Waals surface area contributed by atoms with Crippen LogP contribution in [0.1, 0.15) is 25.0 Å². The summed E-state index contributed by atoms with van der Waals surface area (Å²) in [4.78, 5) is 13.4. The van der Waals surface area contributed by atoms with E-state index in [9.17, 15) is 0 Å². The molecule has 4 heteroatoms. The fraction of sp³-hybridized carbons (Fsp3) is 0.125. The summed E-state index contributed by atoms with van der Waals surface area (Å²) in [6, 6.07) is 24.8. The van der Waals surface area contributed by atoms with Crippen molar-refractivity contribution < 1.29 is 0 Å². The van der Waals surface area contributed by atoms with Gasteiger partial charge in [-0.15, -0.1) is 0 Å². The third-order valence-corrected chi connectivity index (χ3v) is 5.65. The van der Waals surface area contributed by atoms with Gasteiger partial charge in [-0.25, -0.2) is 4.98 Å². The SMILES string of the molecule is CC1(C)c2ccccc2-c2cc(-c3nc(Cl)nc(-c4ccccc4)n3)ccc21. The Morgan fingerprint density at radius 1 is 0.643 bits per heavy atom. The van der Waals surface area contributed by atoms with Crippen LogP contribution >= 0.6 is 11.6 Å². The normalized spacial score (nSPS) is 13.8. The molecule has 0 unspecified atom stereocenters. The van der Waals surface area contributed by atoms with E-state index in [4.69, 9.17) is 11.6 Å². The topological polar surface area (TPSA) is 38.7 Å². The van der Waals surface area contributed by atoms with Gasteiger partial charge in [0.25, 0.3) is 0 Å². The molecule has 0 radical (unpaired) electrons. The summed E-state index contributed by atoms with van der Waals surface area (Å²) in [6.45, 7) is 4.54. The number of hydrogen-bond donors (Lipinski definition) is 0. The first-order valence-corrected chi connectivity index (χ1v) is 9.63. The Morgan fingerprint density at radius 3 is 2.07 bits per heavy atom. The van der Waals surface area contributed by atoms with Gasteiger partial charge < -0.3 is 0 Å². The molecule has 0 atom stereocenters. The largest absolute Gasteiger partial charge is 0.226 e. The highest BCUT2D eigenvalue weighted by atomic mass is 35.5. The van der Waals surface area contributed by atoms with Crippen LogP contribution in [0.25, 0.3) is 33.9 Å². The Kier molecular flexibility index (Phi) is 3.81. The first-order chi connectivity index (χ1) is 13.5. The molecule has 3 nitrogen and oxygen atoms in total. The van der Waals surface area contributed by atoms with Crippen LogP contribution in [0.5, 0.6) is 0 Å². The van der Waals surface area contributed by atoms with E-state index in [1.807, 2.05) is 30.3 Å². The molecular weight excluding hydrogens is 366 g/mol. The van der Waals surface area contributed by atoms with Crippen molar-refractivity contribution in [1.82, 2.24) is 15.0 Å². The molecule has 136 valence electrons. The van der Waals surface area contributed by atoms with Crippen molar-refractivity contribution in [2.45, 2.75) is 19.3 Å². The van der Waals surface area contributed by atoms with Gasteiger partial charge >= 0.3 is 0 Å². The summed E-state index contributed by atoms with van der Waals surface area (Å²) in [6.07, 6.45) is 0. The molecule has 0 saturated carbocycles. The summed E-state index contributed by atoms with van der Waals surface area (Å²) in [5.74, 6) is 1.17. The lowest BCUT2D eigenvalue weighted by atomic mass is 9.82. The molecule has 28 heavy (non-hydrogen) atoms. The van der Waals surface area contributed by atoms with E-state index in [0.29, 0.717) is 11.6 Å². The van der Waals surface area contributed by atoms with Gasteiger partial charge in [-0.05, 0) is 39.9 Å². The van der Waals surface area contributed by atoms with Crippen LogP contribution in [0, 0.1) is 0 Å². The molecular formula is C24H18ClN3. The van der Waals surface area contributed by atoms with Crippen LogP contribution in [0.3, 0.4) is 0 Å². The Balaban J connectivity index is 1.67. The fourth-order valence-electron chi connectivity index (χ4n) is 4.05. The number of benzene rings is 3. The second-order valence-electron chi connectivity index (χ2n) is 7.55. The second-order valence-corrected chi connectivity index (χ2v) is 7.89. The smallest absolute Gasteiger partial charge is 0.208 e. The molecule has 0 saturated heterocycles. The van der Waals surface area contributed by atoms with E-state index >= 15 is 0 Å². The molecule has 1 aromatic heterocycles. The molecule has 0 bridgehead atoms. The first-order valence-electron chi connectivity index (χ1n) is 9.26. The van der Waals surface area contributed by atoms with Gasteiger partial charge in [-0.2, -0.15) is 9.97 Å². The predicted octanol–water partition coefficient (Wildman–Crippen LogP) is 6.17. The van der Waals surface area contributed by atoms with Crippen LogP contribution in [-0.4, -0.2) is 15.0 Å². The number of aromatic nitrogens is 3. The molecule has 0 amide bonds. The molecule has 1 aliphatic carbocycles. The summed E-state index contributed by atoms with van der Waals surface area (Å²) in [5, 5.41) is 0.199. The molecule has 0 fully saturated rings. The number of hydrogen-bond acceptors (Lipinski definition) is 3. The van der Waals surface area contributed by atoms with E-state index in [0.717, 1.165) is 11.1 Å². The van der Waals surface area contributed by atoms with Crippen LogP contribution < -0.4 is 0 Å². The minimum absolute atomic E-state index is 0.0175. The van der Waals surface area contributed by atoms with E-state index in [2.05, 4.69) is 71.3 Å². The Morgan fingerprint density at radius 2 is 1.29 bits per heavy atom. The van der Waals surface area contributed by atoms with Gasteiger partial charge in [0.1, 0.15) is 0 Å². The lowest BCUT2D eigenvalue weighted by Crippen LogP contribution is -2.14. The second kappa shape index (κ2) is 6.25. The van der Waals surface area contributed by atoms with Gasteiger partial charge in [-0.3, -0.25) is 0 Å². The summed E-state index contributed by atoms with van der Waals surface area (Å²) >= 11 is 6.23. The maximum atomic E-state index is 6.23. The lowest BCUT2D eigenvalue weighted by Gasteiger charge is -2.21. The van der Waals surface area contributed by atoms with E-state index in [1.54, 1.807) is 0 Å². The van der Waals surface area contributed by atoms with Crippen LogP contribution in [-0.2, 0) is 5.41 Å². The van der Waals surface area contributed by atoms with Crippen molar-refractivity contribution in [3.63, 3.8) is 0 Å². The molecule has 1 aliphatic rings. The third-order valence-electron chi connectivity index (χ3n) is 5.48. The quantitative estimate of drug-likeness (QED) is 0.415. The molecule has 0 spiro atoms. The van der Waals surface area contributed by atoms with Crippen molar-refractivity contribution in [2.75, 3.05) is 0 Å². The standard InChI is InChI=1S/C24H18ClN3/c1-24(2)19-11-7-6-10-17(19)18-14-16(12-13-20(18)24)22-26-21(27-23(25)28-22)15-8-4-3-5-9-15/h3-14H,1-2H3. The van der Waals surface area contributed by atoms with E-state index < -0.39 is 0 Å². The highest BCUT2D eigenvalue weighted by Gasteiger charge is 2.35. The van der Waals surface area contributed by atoms with Crippen LogP contribution in [0.4, 0.5) is 0 Å². The average molecular weight is 384 g/mol. The van der Waals surface area contributed by atoms with Gasteiger partial charge in [-0.1, -0.05) is 80.6 Å². The number of nitrogens with zero attached hydrogens (tertiary/aromatic N) is 3. The Labute approximate surface area is 169 Å². The zero-order chi connectivity index (χ0) is 19.3. The summed E-state index contributed by atoms with van der Waals surface area (Å²) in [5.41, 5.74) is 7.01. The lowest BCUT2D eigenvalue weighted by molar-refractivity contribution is 0.660. The molecule has 0 aliphatic heterocycles. The van der Waals surface area contributed by atoms with Gasteiger partial charge in [0.05, 0.1) is 0 Å². The minimum atomic E-state index is -0.0175. The monoisotopic (exact) mass is 383 g/mol. The number of halogens is 1. The van der Waals surface area contributed by atoms with Crippen molar-refractivity contribution >= 4 is 11.6 Å². The highest BCUT2D eigenvalue weighted by molar-refractivity contribution is 6.28. The molecule has 0 N–H and O–H groups in total. The predicted molar refractivity (Wildman–Crippen MR) is 113 cm³/mol. The van der Waals surface area contributed by atoms with Gasteiger partial charge in [0.15, 0.2) is 11.6 Å². The van der Waals surface area contributed by atoms with Gasteiger partial charge in [0, 0.05) is 16.5 Å². The molecule has 1 heterocycles. The molecule has 4 aromatic rings. The van der Waals surface area contributed by atoms with Gasteiger partial charge in [0.2, 0.25) is 5.28 Å². The van der Waals surface area contributed by atoms with E-state index in [1.165, 1.54) is 22.3 Å². The maximum Gasteiger partial charge on any atom is 0.226 e. The first kappa shape index (κ1) is 17.1. The Hall–Kier alpha value is -3.04. The Bertz CT molecular complexity index is 1200. The van der Waals surface area contributed by atoms with Crippen LogP contribution in [0.15, 0.2) is 72.8 Å². The van der Waals surface area contributed by atoms with Crippen molar-refractivity contribution in [2.24, 2.45) is 0 Å². The summed E-state index contributed by atoms with van der Waals surface area (Å²) < 4.78 is 0. The minimum Gasteiger partial charge on any atom is -0.208 e. The zero-order valence-corrected chi connectivity index (χ0v) is 16.4. The third kappa shape index (κ3) is 2.62. The number of fused-ring (bicyclic) bond motifs is 3. The van der Waals surface area contributed by atoms with Crippen molar-refractivity contribution in [1.29, 1.82) is 0 Å². The zero-order valence-electron chi connectivity index (χ0n) is 15.6. The summed E-state index contributed by atoms with van der Waals surface area (Å²) in [7, 11) is 0. The maximum absolute atomic E-state index is 6.23. The average Bonchev–Trinajstić information content (AvgIpc) is 2.95. The highest BCUT2D eigenvalue weighted by Crippen LogP contribution is 2.49. The van der Waals surface area contributed by atoms with Crippen LogP contribution in [0.2, 0.25) is 5.28 Å². The number of rotatable bonds is 2.